The predicted octanol–water partition coefficient (Wildman–Crippen LogP) is 4.86. The Hall–Kier alpha value is -3.00. The molecule has 0 atom stereocenters. The summed E-state index contributed by atoms with van der Waals surface area (Å²) in [4.78, 5) is 12.2. The van der Waals surface area contributed by atoms with Gasteiger partial charge in [-0.3, -0.25) is 4.79 Å². The Morgan fingerprint density at radius 2 is 1.90 bits per heavy atom. The molecule has 158 valence electrons. The van der Waals surface area contributed by atoms with Crippen molar-refractivity contribution < 1.29 is 22.7 Å². The Morgan fingerprint density at radius 1 is 1.17 bits per heavy atom. The number of hydrogen-bond donors (Lipinski definition) is 1. The minimum atomic E-state index is -4.67. The van der Waals surface area contributed by atoms with E-state index >= 15 is 0 Å². The summed E-state index contributed by atoms with van der Waals surface area (Å²) in [5.41, 5.74) is 2.17. The van der Waals surface area contributed by atoms with Crippen molar-refractivity contribution in [1.82, 2.24) is 15.1 Å². The molecule has 5 nitrogen and oxygen atoms in total. The van der Waals surface area contributed by atoms with Gasteiger partial charge in [-0.05, 0) is 42.7 Å². The quantitative estimate of drug-likeness (QED) is 0.599. The normalized spacial score (nSPS) is 11.4. The molecule has 1 aromatic heterocycles. The van der Waals surface area contributed by atoms with E-state index < -0.39 is 24.4 Å². The Bertz CT molecular complexity index is 1060. The third kappa shape index (κ3) is 4.94. The molecule has 0 spiro atoms. The van der Waals surface area contributed by atoms with E-state index in [4.69, 9.17) is 16.3 Å². The van der Waals surface area contributed by atoms with Crippen molar-refractivity contribution in [2.24, 2.45) is 0 Å². The van der Waals surface area contributed by atoms with Gasteiger partial charge in [-0.15, -0.1) is 0 Å². The van der Waals surface area contributed by atoms with Crippen LogP contribution < -0.4 is 10.1 Å². The molecule has 1 heterocycles. The molecule has 0 bridgehead atoms. The molecular formula is C21H19ClF3N3O2. The zero-order valence-electron chi connectivity index (χ0n) is 16.3. The predicted molar refractivity (Wildman–Crippen MR) is 107 cm³/mol. The van der Waals surface area contributed by atoms with Crippen LogP contribution in [0.4, 0.5) is 13.2 Å². The molecule has 0 aliphatic carbocycles. The third-order valence-corrected chi connectivity index (χ3v) is 4.91. The van der Waals surface area contributed by atoms with Crippen LogP contribution >= 0.6 is 11.6 Å². The van der Waals surface area contributed by atoms with Gasteiger partial charge in [0.25, 0.3) is 5.91 Å². The molecule has 0 saturated carbocycles. The molecule has 0 aliphatic heterocycles. The molecule has 0 fully saturated rings. The van der Waals surface area contributed by atoms with Gasteiger partial charge in [-0.2, -0.15) is 23.0 Å². The fourth-order valence-electron chi connectivity index (χ4n) is 2.79. The van der Waals surface area contributed by atoms with Gasteiger partial charge in [-0.25, -0.2) is 0 Å². The van der Waals surface area contributed by atoms with Crippen molar-refractivity contribution in [3.63, 3.8) is 0 Å². The molecule has 3 aromatic rings. The van der Waals surface area contributed by atoms with Crippen LogP contribution in [0.15, 0.2) is 48.5 Å². The molecule has 9 heteroatoms. The van der Waals surface area contributed by atoms with Crippen molar-refractivity contribution in [3.8, 4) is 11.6 Å². The molecular weight excluding hydrogens is 419 g/mol. The first-order valence-corrected chi connectivity index (χ1v) is 9.41. The lowest BCUT2D eigenvalue weighted by Gasteiger charge is -2.12. The summed E-state index contributed by atoms with van der Waals surface area (Å²) in [7, 11) is 0. The fraction of sp³-hybridized carbons (Fsp3) is 0.238. The minimum Gasteiger partial charge on any atom is -0.467 e. The second-order valence-corrected chi connectivity index (χ2v) is 7.06. The maximum Gasteiger partial charge on any atom is 0.435 e. The Balaban J connectivity index is 1.74. The second kappa shape index (κ2) is 8.79. The second-order valence-electron chi connectivity index (χ2n) is 6.65. The zero-order chi connectivity index (χ0) is 21.9. The highest BCUT2D eigenvalue weighted by atomic mass is 35.5. The SMILES string of the molecule is Cc1cccc(CNC(=O)COc2cc(C(F)(F)F)nn2-c2ccccc2Cl)c1C. The summed E-state index contributed by atoms with van der Waals surface area (Å²) in [6, 6.07) is 12.8. The molecule has 1 amide bonds. The maximum absolute atomic E-state index is 13.1. The molecule has 2 aromatic carbocycles. The van der Waals surface area contributed by atoms with Crippen molar-refractivity contribution in [2.75, 3.05) is 6.61 Å². The average Bonchev–Trinajstić information content (AvgIpc) is 3.12. The number of aromatic nitrogens is 2. The van der Waals surface area contributed by atoms with Crippen LogP contribution in [-0.2, 0) is 17.5 Å². The van der Waals surface area contributed by atoms with E-state index in [9.17, 15) is 18.0 Å². The number of para-hydroxylation sites is 1. The number of hydrogen-bond acceptors (Lipinski definition) is 3. The van der Waals surface area contributed by atoms with Gasteiger partial charge in [0.05, 0.1) is 10.7 Å². The lowest BCUT2D eigenvalue weighted by Crippen LogP contribution is -2.29. The molecule has 0 radical (unpaired) electrons. The number of benzene rings is 2. The summed E-state index contributed by atoms with van der Waals surface area (Å²) in [6.45, 7) is 3.73. The first-order valence-electron chi connectivity index (χ1n) is 9.03. The lowest BCUT2D eigenvalue weighted by atomic mass is 10.0. The van der Waals surface area contributed by atoms with Crippen LogP contribution in [0.5, 0.6) is 5.88 Å². The van der Waals surface area contributed by atoms with Crippen LogP contribution in [0.25, 0.3) is 5.69 Å². The summed E-state index contributed by atoms with van der Waals surface area (Å²) in [5.74, 6) is -0.714. The van der Waals surface area contributed by atoms with E-state index in [2.05, 4.69) is 10.4 Å². The molecule has 3 rings (SSSR count). The van der Waals surface area contributed by atoms with Crippen molar-refractivity contribution in [1.29, 1.82) is 0 Å². The highest BCUT2D eigenvalue weighted by Gasteiger charge is 2.36. The van der Waals surface area contributed by atoms with Gasteiger partial charge < -0.3 is 10.1 Å². The van der Waals surface area contributed by atoms with E-state index in [0.717, 1.165) is 27.4 Å². The minimum absolute atomic E-state index is 0.193. The number of halogens is 4. The summed E-state index contributed by atoms with van der Waals surface area (Å²) in [6.07, 6.45) is -4.67. The molecule has 1 N–H and O–H groups in total. The van der Waals surface area contributed by atoms with Gasteiger partial charge in [0.15, 0.2) is 12.3 Å². The number of alkyl halides is 3. The van der Waals surface area contributed by atoms with E-state index in [1.54, 1.807) is 12.1 Å². The molecule has 0 saturated heterocycles. The van der Waals surface area contributed by atoms with E-state index in [1.807, 2.05) is 32.0 Å². The third-order valence-electron chi connectivity index (χ3n) is 4.59. The number of aryl methyl sites for hydroxylation is 1. The van der Waals surface area contributed by atoms with Gasteiger partial charge >= 0.3 is 6.18 Å². The maximum atomic E-state index is 13.1. The number of rotatable bonds is 6. The number of carbonyl (C=O) groups excluding carboxylic acids is 1. The molecule has 30 heavy (non-hydrogen) atoms. The van der Waals surface area contributed by atoms with E-state index in [1.165, 1.54) is 12.1 Å². The van der Waals surface area contributed by atoms with E-state index in [-0.39, 0.29) is 23.1 Å². The molecule has 0 unspecified atom stereocenters. The van der Waals surface area contributed by atoms with Gasteiger partial charge in [0.2, 0.25) is 5.88 Å². The van der Waals surface area contributed by atoms with Gasteiger partial charge in [-0.1, -0.05) is 41.9 Å². The number of ether oxygens (including phenoxy) is 1. The number of nitrogens with zero attached hydrogens (tertiary/aromatic N) is 2. The van der Waals surface area contributed by atoms with E-state index in [0.29, 0.717) is 0 Å². The smallest absolute Gasteiger partial charge is 0.435 e. The van der Waals surface area contributed by atoms with Crippen molar-refractivity contribution in [3.05, 3.63) is 75.9 Å². The first-order chi connectivity index (χ1) is 14.2. The van der Waals surface area contributed by atoms with Crippen molar-refractivity contribution >= 4 is 17.5 Å². The average molecular weight is 438 g/mol. The standard InChI is InChI=1S/C21H19ClF3N3O2/c1-13-6-5-7-15(14(13)2)11-26-19(29)12-30-20-10-18(21(23,24)25)27-28(20)17-9-4-3-8-16(17)22/h3-10H,11-12H2,1-2H3,(H,26,29). The van der Waals surface area contributed by atoms with Crippen molar-refractivity contribution in [2.45, 2.75) is 26.6 Å². The Labute approximate surface area is 176 Å². The molecule has 0 aliphatic rings. The number of amides is 1. The Kier molecular flexibility index (Phi) is 6.36. The van der Waals surface area contributed by atoms with Gasteiger partial charge in [0.1, 0.15) is 0 Å². The fourth-order valence-corrected chi connectivity index (χ4v) is 3.00. The van der Waals surface area contributed by atoms with Crippen LogP contribution in [0.2, 0.25) is 5.02 Å². The number of carbonyl (C=O) groups is 1. The Morgan fingerprint density at radius 3 is 2.60 bits per heavy atom. The highest BCUT2D eigenvalue weighted by molar-refractivity contribution is 6.32. The first kappa shape index (κ1) is 21.7. The van der Waals surface area contributed by atoms with Crippen LogP contribution in [0.1, 0.15) is 22.4 Å². The topological polar surface area (TPSA) is 56.1 Å². The largest absolute Gasteiger partial charge is 0.467 e. The van der Waals surface area contributed by atoms with Gasteiger partial charge in [0, 0.05) is 12.6 Å². The lowest BCUT2D eigenvalue weighted by molar-refractivity contribution is -0.141. The summed E-state index contributed by atoms with van der Waals surface area (Å²) in [5, 5.41) is 6.45. The zero-order valence-corrected chi connectivity index (χ0v) is 17.0. The monoisotopic (exact) mass is 437 g/mol. The van der Waals surface area contributed by atoms with Crippen LogP contribution in [0, 0.1) is 13.8 Å². The van der Waals surface area contributed by atoms with Crippen LogP contribution in [-0.4, -0.2) is 22.3 Å². The van der Waals surface area contributed by atoms with Crippen LogP contribution in [0.3, 0.4) is 0 Å². The number of nitrogens with one attached hydrogen (secondary N) is 1. The summed E-state index contributed by atoms with van der Waals surface area (Å²) < 4.78 is 45.7. The summed E-state index contributed by atoms with van der Waals surface area (Å²) >= 11 is 6.09. The highest BCUT2D eigenvalue weighted by Crippen LogP contribution is 2.33.